The van der Waals surface area contributed by atoms with E-state index < -0.39 is 0 Å². The van der Waals surface area contributed by atoms with Crippen molar-refractivity contribution < 1.29 is 14.4 Å². The van der Waals surface area contributed by atoms with Gasteiger partial charge in [0.25, 0.3) is 0 Å². The standard InChI is InChI=1S/C20H31N3O3/c24-17(11-20-8-14-5-15(9-20)7-16(6-14)10-20)21-12-18(25)22-13-19(26)23-3-1-2-4-23/h14-16H,1-13H2,(H,21,24)(H,22,25). The van der Waals surface area contributed by atoms with Gasteiger partial charge in [-0.1, -0.05) is 0 Å². The molecule has 1 saturated heterocycles. The summed E-state index contributed by atoms with van der Waals surface area (Å²) in [6, 6.07) is 0. The number of amides is 3. The third-order valence-electron chi connectivity index (χ3n) is 7.04. The highest BCUT2D eigenvalue weighted by molar-refractivity contribution is 5.88. The minimum atomic E-state index is -0.281. The minimum absolute atomic E-state index is 0.00651. The molecule has 4 aliphatic carbocycles. The van der Waals surface area contributed by atoms with Gasteiger partial charge in [-0.15, -0.1) is 0 Å². The average molecular weight is 361 g/mol. The summed E-state index contributed by atoms with van der Waals surface area (Å²) in [4.78, 5) is 38.1. The topological polar surface area (TPSA) is 78.5 Å². The molecule has 144 valence electrons. The quantitative estimate of drug-likeness (QED) is 0.752. The van der Waals surface area contributed by atoms with Gasteiger partial charge in [0.1, 0.15) is 0 Å². The van der Waals surface area contributed by atoms with E-state index in [0.29, 0.717) is 6.42 Å². The lowest BCUT2D eigenvalue weighted by molar-refractivity contribution is -0.133. The Morgan fingerprint density at radius 2 is 1.35 bits per heavy atom. The fourth-order valence-electron chi connectivity index (χ4n) is 6.40. The maximum absolute atomic E-state index is 12.4. The molecule has 2 N–H and O–H groups in total. The van der Waals surface area contributed by atoms with Crippen molar-refractivity contribution in [1.29, 1.82) is 0 Å². The van der Waals surface area contributed by atoms with Gasteiger partial charge in [-0.05, 0) is 74.5 Å². The number of hydrogen-bond acceptors (Lipinski definition) is 3. The van der Waals surface area contributed by atoms with Crippen molar-refractivity contribution in [3.63, 3.8) is 0 Å². The molecular formula is C20H31N3O3. The summed E-state index contributed by atoms with van der Waals surface area (Å²) >= 11 is 0. The molecule has 26 heavy (non-hydrogen) atoms. The molecule has 0 aromatic rings. The van der Waals surface area contributed by atoms with Crippen molar-refractivity contribution >= 4 is 17.7 Å². The molecular weight excluding hydrogens is 330 g/mol. The van der Waals surface area contributed by atoms with Gasteiger partial charge in [0.05, 0.1) is 13.1 Å². The van der Waals surface area contributed by atoms with Crippen LogP contribution in [0.2, 0.25) is 0 Å². The van der Waals surface area contributed by atoms with Crippen LogP contribution in [-0.2, 0) is 14.4 Å². The summed E-state index contributed by atoms with van der Waals surface area (Å²) in [5, 5.41) is 5.40. The highest BCUT2D eigenvalue weighted by Gasteiger charge is 2.51. The molecule has 0 spiro atoms. The van der Waals surface area contributed by atoms with Gasteiger partial charge < -0.3 is 15.5 Å². The molecule has 4 saturated carbocycles. The SMILES string of the molecule is O=C(CNC(=O)CC12CC3CC(CC(C3)C1)C2)NCC(=O)N1CCCC1. The molecule has 0 atom stereocenters. The zero-order valence-electron chi connectivity index (χ0n) is 15.6. The predicted octanol–water partition coefficient (Wildman–Crippen LogP) is 1.45. The zero-order chi connectivity index (χ0) is 18.1. The molecule has 0 radical (unpaired) electrons. The van der Waals surface area contributed by atoms with Crippen molar-refractivity contribution in [3.05, 3.63) is 0 Å². The first-order valence-electron chi connectivity index (χ1n) is 10.3. The third kappa shape index (κ3) is 3.89. The lowest BCUT2D eigenvalue weighted by Crippen LogP contribution is -2.48. The molecule has 5 fully saturated rings. The molecule has 3 amide bonds. The monoisotopic (exact) mass is 361 g/mol. The van der Waals surface area contributed by atoms with E-state index in [2.05, 4.69) is 10.6 Å². The van der Waals surface area contributed by atoms with Crippen molar-refractivity contribution in [2.45, 2.75) is 57.8 Å². The molecule has 5 rings (SSSR count). The maximum Gasteiger partial charge on any atom is 0.241 e. The van der Waals surface area contributed by atoms with Crippen LogP contribution in [0.1, 0.15) is 57.8 Å². The van der Waals surface area contributed by atoms with E-state index in [1.807, 2.05) is 0 Å². The Morgan fingerprint density at radius 1 is 0.808 bits per heavy atom. The number of nitrogens with one attached hydrogen (secondary N) is 2. The Morgan fingerprint density at radius 3 is 1.92 bits per heavy atom. The van der Waals surface area contributed by atoms with E-state index in [1.165, 1.54) is 38.5 Å². The molecule has 1 heterocycles. The second-order valence-electron chi connectivity index (χ2n) is 9.24. The van der Waals surface area contributed by atoms with E-state index in [1.54, 1.807) is 4.90 Å². The van der Waals surface area contributed by atoms with Crippen LogP contribution in [0.5, 0.6) is 0 Å². The molecule has 0 unspecified atom stereocenters. The second kappa shape index (κ2) is 7.20. The molecule has 5 aliphatic rings. The van der Waals surface area contributed by atoms with Gasteiger partial charge >= 0.3 is 0 Å². The Hall–Kier alpha value is -1.59. The minimum Gasteiger partial charge on any atom is -0.347 e. The van der Waals surface area contributed by atoms with Crippen LogP contribution >= 0.6 is 0 Å². The summed E-state index contributed by atoms with van der Waals surface area (Å²) in [5.74, 6) is 2.16. The summed E-state index contributed by atoms with van der Waals surface area (Å²) < 4.78 is 0. The molecule has 1 aliphatic heterocycles. The average Bonchev–Trinajstić information content (AvgIpc) is 3.11. The van der Waals surface area contributed by atoms with Crippen LogP contribution in [0, 0.1) is 23.2 Å². The van der Waals surface area contributed by atoms with Crippen LogP contribution in [0.15, 0.2) is 0 Å². The van der Waals surface area contributed by atoms with Crippen molar-refractivity contribution in [1.82, 2.24) is 15.5 Å². The lowest BCUT2D eigenvalue weighted by Gasteiger charge is -2.56. The summed E-state index contributed by atoms with van der Waals surface area (Å²) in [5.41, 5.74) is 0.195. The predicted molar refractivity (Wildman–Crippen MR) is 97.1 cm³/mol. The summed E-state index contributed by atoms with van der Waals surface area (Å²) in [6.45, 7) is 1.58. The van der Waals surface area contributed by atoms with Crippen LogP contribution in [0.4, 0.5) is 0 Å². The normalized spacial score (nSPS) is 34.8. The van der Waals surface area contributed by atoms with E-state index in [-0.39, 0.29) is 36.2 Å². The van der Waals surface area contributed by atoms with E-state index in [4.69, 9.17) is 0 Å². The maximum atomic E-state index is 12.4. The number of hydrogen-bond donors (Lipinski definition) is 2. The van der Waals surface area contributed by atoms with Crippen molar-refractivity contribution in [3.8, 4) is 0 Å². The first-order valence-corrected chi connectivity index (χ1v) is 10.3. The van der Waals surface area contributed by atoms with Gasteiger partial charge in [-0.3, -0.25) is 14.4 Å². The van der Waals surface area contributed by atoms with Crippen molar-refractivity contribution in [2.24, 2.45) is 23.2 Å². The Bertz CT molecular complexity index is 548. The largest absolute Gasteiger partial charge is 0.347 e. The fraction of sp³-hybridized carbons (Fsp3) is 0.850. The Labute approximate surface area is 155 Å². The highest BCUT2D eigenvalue weighted by atomic mass is 16.2. The van der Waals surface area contributed by atoms with Gasteiger partial charge in [0.2, 0.25) is 17.7 Å². The van der Waals surface area contributed by atoms with Gasteiger partial charge in [0.15, 0.2) is 0 Å². The molecule has 4 bridgehead atoms. The molecule has 0 aromatic carbocycles. The van der Waals surface area contributed by atoms with E-state index >= 15 is 0 Å². The fourth-order valence-corrected chi connectivity index (χ4v) is 6.40. The van der Waals surface area contributed by atoms with Gasteiger partial charge in [-0.2, -0.15) is 0 Å². The van der Waals surface area contributed by atoms with Crippen molar-refractivity contribution in [2.75, 3.05) is 26.2 Å². The third-order valence-corrected chi connectivity index (χ3v) is 7.04. The smallest absolute Gasteiger partial charge is 0.241 e. The van der Waals surface area contributed by atoms with Crippen LogP contribution < -0.4 is 10.6 Å². The van der Waals surface area contributed by atoms with E-state index in [9.17, 15) is 14.4 Å². The van der Waals surface area contributed by atoms with Crippen LogP contribution in [0.3, 0.4) is 0 Å². The summed E-state index contributed by atoms with van der Waals surface area (Å²) in [7, 11) is 0. The molecule has 6 nitrogen and oxygen atoms in total. The highest BCUT2D eigenvalue weighted by Crippen LogP contribution is 2.61. The van der Waals surface area contributed by atoms with Gasteiger partial charge in [0, 0.05) is 19.5 Å². The van der Waals surface area contributed by atoms with E-state index in [0.717, 1.165) is 43.7 Å². The zero-order valence-corrected chi connectivity index (χ0v) is 15.6. The Balaban J connectivity index is 1.18. The summed E-state index contributed by atoms with van der Waals surface area (Å²) in [6.07, 6.45) is 10.3. The second-order valence-corrected chi connectivity index (χ2v) is 9.24. The number of rotatable bonds is 6. The van der Waals surface area contributed by atoms with Crippen LogP contribution in [-0.4, -0.2) is 48.8 Å². The number of carbonyl (C=O) groups is 3. The molecule has 6 heteroatoms. The number of nitrogens with zero attached hydrogens (tertiary/aromatic N) is 1. The molecule has 0 aromatic heterocycles. The van der Waals surface area contributed by atoms with Gasteiger partial charge in [-0.25, -0.2) is 0 Å². The number of likely N-dealkylation sites (tertiary alicyclic amines) is 1. The number of carbonyl (C=O) groups excluding carboxylic acids is 3. The lowest BCUT2D eigenvalue weighted by atomic mass is 9.49. The Kier molecular flexibility index (Phi) is 4.93. The first kappa shape index (κ1) is 17.8. The first-order chi connectivity index (χ1) is 12.5. The van der Waals surface area contributed by atoms with Crippen LogP contribution in [0.25, 0.3) is 0 Å².